The fraction of sp³-hybridized carbons (Fsp3) is 0.333. The fourth-order valence-corrected chi connectivity index (χ4v) is 3.08. The Bertz CT molecular complexity index is 880. The van der Waals surface area contributed by atoms with Gasteiger partial charge in [-0.25, -0.2) is 14.3 Å². The second-order valence-electron chi connectivity index (χ2n) is 5.88. The van der Waals surface area contributed by atoms with E-state index in [-0.39, 0.29) is 11.7 Å². The number of tetrazole rings is 1. The first-order valence-corrected chi connectivity index (χ1v) is 9.22. The third-order valence-corrected chi connectivity index (χ3v) is 4.46. The van der Waals surface area contributed by atoms with Crippen LogP contribution >= 0.6 is 23.4 Å². The van der Waals surface area contributed by atoms with E-state index in [2.05, 4.69) is 44.8 Å². The van der Waals surface area contributed by atoms with E-state index >= 15 is 0 Å². The topological polar surface area (TPSA) is 103 Å². The molecule has 0 aliphatic heterocycles. The van der Waals surface area contributed by atoms with Crippen molar-refractivity contribution in [1.82, 2.24) is 35.0 Å². The molecule has 9 nitrogen and oxygen atoms in total. The van der Waals surface area contributed by atoms with E-state index in [0.29, 0.717) is 34.0 Å². The lowest BCUT2D eigenvalue weighted by Gasteiger charge is -2.11. The summed E-state index contributed by atoms with van der Waals surface area (Å²) >= 11 is 7.34. The largest absolute Gasteiger partial charge is 0.323 e. The van der Waals surface area contributed by atoms with Gasteiger partial charge in [0, 0.05) is 11.6 Å². The molecule has 0 aliphatic carbocycles. The van der Waals surface area contributed by atoms with Crippen molar-refractivity contribution in [1.29, 1.82) is 0 Å². The average Bonchev–Trinajstić information content (AvgIpc) is 3.24. The van der Waals surface area contributed by atoms with Crippen molar-refractivity contribution in [3.63, 3.8) is 0 Å². The molecule has 0 atom stereocenters. The lowest BCUT2D eigenvalue weighted by molar-refractivity contribution is -0.113. The van der Waals surface area contributed by atoms with Crippen molar-refractivity contribution in [2.45, 2.75) is 25.5 Å². The zero-order valence-corrected chi connectivity index (χ0v) is 15.8. The lowest BCUT2D eigenvalue weighted by atomic mass is 10.2. The van der Waals surface area contributed by atoms with Gasteiger partial charge in [-0.05, 0) is 34.5 Å². The number of carbonyl (C=O) groups is 1. The molecule has 0 fully saturated rings. The Hall–Kier alpha value is -2.46. The highest BCUT2D eigenvalue weighted by Gasteiger charge is 2.13. The number of aromatic nitrogens is 7. The molecular weight excluding hydrogens is 376 g/mol. The van der Waals surface area contributed by atoms with Crippen molar-refractivity contribution in [3.8, 4) is 5.69 Å². The van der Waals surface area contributed by atoms with E-state index in [0.717, 1.165) is 0 Å². The number of thioether (sulfide) groups is 1. The van der Waals surface area contributed by atoms with Crippen LogP contribution in [0.1, 0.15) is 13.8 Å². The highest BCUT2D eigenvalue weighted by Crippen LogP contribution is 2.24. The van der Waals surface area contributed by atoms with Crippen LogP contribution in [0.5, 0.6) is 0 Å². The number of halogens is 1. The van der Waals surface area contributed by atoms with Crippen molar-refractivity contribution < 1.29 is 4.79 Å². The smallest absolute Gasteiger partial charge is 0.234 e. The first-order chi connectivity index (χ1) is 12.5. The maximum atomic E-state index is 12.4. The molecule has 0 unspecified atom stereocenters. The summed E-state index contributed by atoms with van der Waals surface area (Å²) in [5.74, 6) is 0.378. The molecule has 0 radical (unpaired) electrons. The summed E-state index contributed by atoms with van der Waals surface area (Å²) in [6, 6.07) is 5.16. The number of benzene rings is 1. The summed E-state index contributed by atoms with van der Waals surface area (Å²) in [4.78, 5) is 16.3. The Balaban J connectivity index is 1.68. The molecular formula is C15H17ClN8OS. The number of rotatable bonds is 7. The van der Waals surface area contributed by atoms with Crippen molar-refractivity contribution in [2.75, 3.05) is 11.1 Å². The average molecular weight is 393 g/mol. The van der Waals surface area contributed by atoms with E-state index in [1.807, 2.05) is 0 Å². The normalized spacial score (nSPS) is 11.1. The molecule has 0 spiro atoms. The predicted molar refractivity (Wildman–Crippen MR) is 98.4 cm³/mol. The molecule has 136 valence electrons. The minimum Gasteiger partial charge on any atom is -0.323 e. The minimum atomic E-state index is -0.197. The van der Waals surface area contributed by atoms with Crippen LogP contribution in [0.3, 0.4) is 0 Å². The molecule has 0 bridgehead atoms. The van der Waals surface area contributed by atoms with Gasteiger partial charge < -0.3 is 5.32 Å². The van der Waals surface area contributed by atoms with Crippen LogP contribution in [0.15, 0.2) is 36.0 Å². The molecule has 3 aromatic rings. The standard InChI is InChI=1S/C15H17ClN8OS/c1-10(2)6-23-15(20-21-22-23)26-7-14(25)19-12-5-11(16)3-4-13(12)24-9-17-8-18-24/h3-5,8-10H,6-7H2,1-2H3,(H,19,25). The van der Waals surface area contributed by atoms with Crippen molar-refractivity contribution in [2.24, 2.45) is 5.92 Å². The number of carbonyl (C=O) groups excluding carboxylic acids is 1. The fourth-order valence-electron chi connectivity index (χ4n) is 2.22. The van der Waals surface area contributed by atoms with E-state index < -0.39 is 0 Å². The maximum Gasteiger partial charge on any atom is 0.234 e. The van der Waals surface area contributed by atoms with Gasteiger partial charge in [-0.15, -0.1) is 5.10 Å². The zero-order chi connectivity index (χ0) is 18.5. The van der Waals surface area contributed by atoms with Gasteiger partial charge in [0.25, 0.3) is 0 Å². The lowest BCUT2D eigenvalue weighted by Crippen LogP contribution is -2.17. The second kappa shape index (κ2) is 8.28. The zero-order valence-electron chi connectivity index (χ0n) is 14.2. The first kappa shape index (κ1) is 18.3. The highest BCUT2D eigenvalue weighted by molar-refractivity contribution is 7.99. The molecule has 11 heteroatoms. The molecule has 0 aliphatic rings. The molecule has 1 amide bonds. The Kier molecular flexibility index (Phi) is 5.84. The van der Waals surface area contributed by atoms with Crippen molar-refractivity contribution in [3.05, 3.63) is 35.9 Å². The van der Waals surface area contributed by atoms with Gasteiger partial charge in [-0.3, -0.25) is 4.79 Å². The maximum absolute atomic E-state index is 12.4. The minimum absolute atomic E-state index is 0.168. The summed E-state index contributed by atoms with van der Waals surface area (Å²) in [6.45, 7) is 4.85. The molecule has 26 heavy (non-hydrogen) atoms. The number of hydrogen-bond acceptors (Lipinski definition) is 7. The quantitative estimate of drug-likeness (QED) is 0.615. The van der Waals surface area contributed by atoms with Gasteiger partial charge in [-0.2, -0.15) is 5.10 Å². The number of hydrogen-bond donors (Lipinski definition) is 1. The SMILES string of the molecule is CC(C)Cn1nnnc1SCC(=O)Nc1cc(Cl)ccc1-n1cncn1. The Labute approximate surface area is 159 Å². The van der Waals surface area contributed by atoms with Crippen LogP contribution in [0.2, 0.25) is 5.02 Å². The third-order valence-electron chi connectivity index (χ3n) is 3.27. The van der Waals surface area contributed by atoms with Gasteiger partial charge in [-0.1, -0.05) is 37.2 Å². The second-order valence-corrected chi connectivity index (χ2v) is 7.25. The van der Waals surface area contributed by atoms with Gasteiger partial charge >= 0.3 is 0 Å². The summed E-state index contributed by atoms with van der Waals surface area (Å²) in [6.07, 6.45) is 2.97. The Morgan fingerprint density at radius 3 is 2.96 bits per heavy atom. The number of nitrogens with one attached hydrogen (secondary N) is 1. The molecule has 0 saturated carbocycles. The third kappa shape index (κ3) is 4.58. The summed E-state index contributed by atoms with van der Waals surface area (Å²) in [7, 11) is 0. The molecule has 0 saturated heterocycles. The van der Waals surface area contributed by atoms with Crippen LogP contribution < -0.4 is 5.32 Å². The Morgan fingerprint density at radius 1 is 1.38 bits per heavy atom. The van der Waals surface area contributed by atoms with Gasteiger partial charge in [0.15, 0.2) is 0 Å². The van der Waals surface area contributed by atoms with E-state index in [4.69, 9.17) is 11.6 Å². The number of amides is 1. The van der Waals surface area contributed by atoms with Crippen LogP contribution in [-0.2, 0) is 11.3 Å². The predicted octanol–water partition coefficient (Wildman–Crippen LogP) is 2.29. The molecule has 3 rings (SSSR count). The van der Waals surface area contributed by atoms with E-state index in [1.54, 1.807) is 33.9 Å². The number of anilines is 1. The molecule has 2 aromatic heterocycles. The van der Waals surface area contributed by atoms with Crippen LogP contribution in [-0.4, -0.2) is 46.6 Å². The van der Waals surface area contributed by atoms with Crippen LogP contribution in [0.25, 0.3) is 5.69 Å². The molecule has 1 N–H and O–H groups in total. The van der Waals surface area contributed by atoms with Gasteiger partial charge in [0.05, 0.1) is 17.1 Å². The Morgan fingerprint density at radius 2 is 2.23 bits per heavy atom. The summed E-state index contributed by atoms with van der Waals surface area (Å²) in [5, 5.41) is 19.6. The van der Waals surface area contributed by atoms with E-state index in [9.17, 15) is 4.79 Å². The number of nitrogens with zero attached hydrogens (tertiary/aromatic N) is 7. The summed E-state index contributed by atoms with van der Waals surface area (Å²) in [5.41, 5.74) is 1.23. The van der Waals surface area contributed by atoms with Gasteiger partial charge in [0.1, 0.15) is 12.7 Å². The van der Waals surface area contributed by atoms with Crippen LogP contribution in [0, 0.1) is 5.92 Å². The van der Waals surface area contributed by atoms with Gasteiger partial charge in [0.2, 0.25) is 11.1 Å². The highest BCUT2D eigenvalue weighted by atomic mass is 35.5. The van der Waals surface area contributed by atoms with Crippen molar-refractivity contribution >= 4 is 35.0 Å². The first-order valence-electron chi connectivity index (χ1n) is 7.86. The monoisotopic (exact) mass is 392 g/mol. The summed E-state index contributed by atoms with van der Waals surface area (Å²) < 4.78 is 3.26. The molecule has 1 aromatic carbocycles. The van der Waals surface area contributed by atoms with Crippen LogP contribution in [0.4, 0.5) is 5.69 Å². The molecule has 2 heterocycles. The van der Waals surface area contributed by atoms with E-state index in [1.165, 1.54) is 18.1 Å².